The zero-order valence-electron chi connectivity index (χ0n) is 8.70. The molecule has 0 aliphatic heterocycles. The summed E-state index contributed by atoms with van der Waals surface area (Å²) in [7, 11) is 0. The van der Waals surface area contributed by atoms with Crippen LogP contribution in [-0.2, 0) is 0 Å². The highest BCUT2D eigenvalue weighted by Crippen LogP contribution is 2.27. The lowest BCUT2D eigenvalue weighted by Crippen LogP contribution is -2.23. The molecule has 1 aromatic rings. The Morgan fingerprint density at radius 1 is 1.53 bits per heavy atom. The lowest BCUT2D eigenvalue weighted by molar-refractivity contribution is 0.827. The third-order valence-corrected chi connectivity index (χ3v) is 2.49. The maximum Gasteiger partial charge on any atom is 0.0660 e. The van der Waals surface area contributed by atoms with Gasteiger partial charge in [-0.1, -0.05) is 11.6 Å². The van der Waals surface area contributed by atoms with E-state index < -0.39 is 0 Å². The van der Waals surface area contributed by atoms with E-state index in [4.69, 9.17) is 22.6 Å². The molecule has 0 aliphatic carbocycles. The number of hydrogen-bond donors (Lipinski definition) is 1. The maximum atomic E-state index is 8.54. The largest absolute Gasteiger partial charge is 0.399 e. The summed E-state index contributed by atoms with van der Waals surface area (Å²) >= 11 is 6.08. The fourth-order valence-corrected chi connectivity index (χ4v) is 1.72. The summed E-state index contributed by atoms with van der Waals surface area (Å²) in [5.41, 5.74) is 7.20. The minimum Gasteiger partial charge on any atom is -0.399 e. The summed E-state index contributed by atoms with van der Waals surface area (Å²) < 4.78 is 0. The van der Waals surface area contributed by atoms with Gasteiger partial charge in [-0.15, -0.1) is 0 Å². The van der Waals surface area contributed by atoms with Crippen LogP contribution >= 0.6 is 11.6 Å². The van der Waals surface area contributed by atoms with Gasteiger partial charge < -0.3 is 10.6 Å². The molecule has 0 atom stereocenters. The second-order valence-electron chi connectivity index (χ2n) is 3.20. The highest BCUT2D eigenvalue weighted by atomic mass is 35.5. The Morgan fingerprint density at radius 2 is 2.27 bits per heavy atom. The molecule has 0 aromatic heterocycles. The Bertz CT molecular complexity index is 371. The van der Waals surface area contributed by atoms with Crippen LogP contribution in [0.1, 0.15) is 13.3 Å². The van der Waals surface area contributed by atoms with Gasteiger partial charge in [-0.2, -0.15) is 5.26 Å². The van der Waals surface area contributed by atoms with Crippen LogP contribution in [0.2, 0.25) is 5.02 Å². The van der Waals surface area contributed by atoms with Gasteiger partial charge in [-0.25, -0.2) is 0 Å². The van der Waals surface area contributed by atoms with Crippen molar-refractivity contribution in [3.63, 3.8) is 0 Å². The van der Waals surface area contributed by atoms with Gasteiger partial charge in [0.05, 0.1) is 23.2 Å². The Labute approximate surface area is 95.1 Å². The third-order valence-electron chi connectivity index (χ3n) is 2.19. The van der Waals surface area contributed by atoms with Crippen molar-refractivity contribution in [3.05, 3.63) is 23.2 Å². The van der Waals surface area contributed by atoms with Crippen molar-refractivity contribution >= 4 is 23.0 Å². The molecule has 0 spiro atoms. The number of anilines is 2. The van der Waals surface area contributed by atoms with E-state index in [0.717, 1.165) is 12.2 Å². The topological polar surface area (TPSA) is 53.0 Å². The molecular weight excluding hydrogens is 210 g/mol. The summed E-state index contributed by atoms with van der Waals surface area (Å²) in [4.78, 5) is 2.06. The van der Waals surface area contributed by atoms with Gasteiger partial charge in [0.15, 0.2) is 0 Å². The van der Waals surface area contributed by atoms with E-state index in [2.05, 4.69) is 11.0 Å². The van der Waals surface area contributed by atoms with Gasteiger partial charge in [-0.3, -0.25) is 0 Å². The van der Waals surface area contributed by atoms with Crippen LogP contribution in [0.25, 0.3) is 0 Å². The standard InChI is InChI=1S/C11H14ClN3/c1-2-15(7-3-6-13)11-5-4-9(14)8-10(11)12/h4-5,8H,2-3,7,14H2,1H3. The molecule has 0 aliphatic rings. The number of nitrogens with two attached hydrogens (primary N) is 1. The summed E-state index contributed by atoms with van der Waals surface area (Å²) in [5.74, 6) is 0. The summed E-state index contributed by atoms with van der Waals surface area (Å²) in [6.07, 6.45) is 0.495. The number of benzene rings is 1. The molecular formula is C11H14ClN3. The van der Waals surface area contributed by atoms with E-state index in [-0.39, 0.29) is 0 Å². The van der Waals surface area contributed by atoms with Gasteiger partial charge in [0.25, 0.3) is 0 Å². The molecule has 4 heteroatoms. The van der Waals surface area contributed by atoms with Crippen molar-refractivity contribution in [3.8, 4) is 6.07 Å². The summed E-state index contributed by atoms with van der Waals surface area (Å²) in [6, 6.07) is 7.55. The zero-order valence-corrected chi connectivity index (χ0v) is 9.46. The van der Waals surface area contributed by atoms with Gasteiger partial charge in [0.1, 0.15) is 0 Å². The Balaban J connectivity index is 2.87. The summed E-state index contributed by atoms with van der Waals surface area (Å²) in [5, 5.41) is 9.18. The molecule has 1 aromatic carbocycles. The molecule has 0 bridgehead atoms. The van der Waals surface area contributed by atoms with E-state index in [1.165, 1.54) is 0 Å². The van der Waals surface area contributed by atoms with Gasteiger partial charge in [0, 0.05) is 18.8 Å². The first kappa shape index (κ1) is 11.7. The average molecular weight is 224 g/mol. The second kappa shape index (κ2) is 5.47. The molecule has 0 radical (unpaired) electrons. The number of hydrogen-bond acceptors (Lipinski definition) is 3. The van der Waals surface area contributed by atoms with Gasteiger partial charge in [0.2, 0.25) is 0 Å². The Hall–Kier alpha value is -1.40. The Morgan fingerprint density at radius 3 is 2.80 bits per heavy atom. The van der Waals surface area contributed by atoms with Crippen LogP contribution in [0.4, 0.5) is 11.4 Å². The quantitative estimate of drug-likeness (QED) is 0.799. The molecule has 0 fully saturated rings. The second-order valence-corrected chi connectivity index (χ2v) is 3.61. The minimum atomic E-state index is 0.495. The lowest BCUT2D eigenvalue weighted by atomic mass is 10.2. The maximum absolute atomic E-state index is 8.54. The van der Waals surface area contributed by atoms with E-state index in [0.29, 0.717) is 23.7 Å². The number of nitrogen functional groups attached to an aromatic ring is 1. The van der Waals surface area contributed by atoms with Crippen molar-refractivity contribution in [2.45, 2.75) is 13.3 Å². The van der Waals surface area contributed by atoms with Crippen LogP contribution in [0.5, 0.6) is 0 Å². The van der Waals surface area contributed by atoms with Crippen LogP contribution in [0.3, 0.4) is 0 Å². The van der Waals surface area contributed by atoms with Crippen molar-refractivity contribution in [2.75, 3.05) is 23.7 Å². The highest BCUT2D eigenvalue weighted by Gasteiger charge is 2.08. The van der Waals surface area contributed by atoms with Crippen LogP contribution in [-0.4, -0.2) is 13.1 Å². The number of rotatable bonds is 4. The summed E-state index contributed by atoms with van der Waals surface area (Å²) in [6.45, 7) is 3.55. The van der Waals surface area contributed by atoms with Crippen molar-refractivity contribution in [2.24, 2.45) is 0 Å². The van der Waals surface area contributed by atoms with Crippen molar-refractivity contribution < 1.29 is 0 Å². The molecule has 0 heterocycles. The number of nitrogens with zero attached hydrogens (tertiary/aromatic N) is 2. The molecule has 0 saturated heterocycles. The molecule has 0 saturated carbocycles. The molecule has 0 unspecified atom stereocenters. The smallest absolute Gasteiger partial charge is 0.0660 e. The van der Waals surface area contributed by atoms with Crippen molar-refractivity contribution in [1.29, 1.82) is 5.26 Å². The first-order valence-corrected chi connectivity index (χ1v) is 5.23. The number of nitriles is 1. The third kappa shape index (κ3) is 3.03. The van der Waals surface area contributed by atoms with E-state index in [1.807, 2.05) is 19.1 Å². The monoisotopic (exact) mass is 223 g/mol. The molecule has 0 amide bonds. The molecule has 2 N–H and O–H groups in total. The average Bonchev–Trinajstić information content (AvgIpc) is 2.21. The first-order valence-electron chi connectivity index (χ1n) is 4.86. The van der Waals surface area contributed by atoms with Gasteiger partial charge >= 0.3 is 0 Å². The highest BCUT2D eigenvalue weighted by molar-refractivity contribution is 6.33. The predicted octanol–water partition coefficient (Wildman–Crippen LogP) is 2.66. The fourth-order valence-electron chi connectivity index (χ4n) is 1.41. The van der Waals surface area contributed by atoms with E-state index in [1.54, 1.807) is 6.07 Å². The SMILES string of the molecule is CCN(CCC#N)c1ccc(N)cc1Cl. The normalized spacial score (nSPS) is 9.67. The number of halogens is 1. The Kier molecular flexibility index (Phi) is 4.26. The molecule has 15 heavy (non-hydrogen) atoms. The fraction of sp³-hybridized carbons (Fsp3) is 0.364. The van der Waals surface area contributed by atoms with Crippen molar-refractivity contribution in [1.82, 2.24) is 0 Å². The van der Waals surface area contributed by atoms with E-state index >= 15 is 0 Å². The molecule has 3 nitrogen and oxygen atoms in total. The first-order chi connectivity index (χ1) is 7.19. The van der Waals surface area contributed by atoms with E-state index in [9.17, 15) is 0 Å². The lowest BCUT2D eigenvalue weighted by Gasteiger charge is -2.23. The predicted molar refractivity (Wildman–Crippen MR) is 64.0 cm³/mol. The zero-order chi connectivity index (χ0) is 11.3. The van der Waals surface area contributed by atoms with Crippen LogP contribution in [0.15, 0.2) is 18.2 Å². The molecule has 1 rings (SSSR count). The van der Waals surface area contributed by atoms with Gasteiger partial charge in [-0.05, 0) is 25.1 Å². The van der Waals surface area contributed by atoms with Crippen LogP contribution < -0.4 is 10.6 Å². The minimum absolute atomic E-state index is 0.495. The van der Waals surface area contributed by atoms with Crippen LogP contribution in [0, 0.1) is 11.3 Å². The molecule has 80 valence electrons.